The summed E-state index contributed by atoms with van der Waals surface area (Å²) in [6, 6.07) is 3.09. The van der Waals surface area contributed by atoms with E-state index in [1.165, 1.54) is 12.3 Å². The number of rotatable bonds is 3. The molecule has 3 rings (SSSR count). The van der Waals surface area contributed by atoms with Gasteiger partial charge in [0.25, 0.3) is 0 Å². The molecular weight excluding hydrogens is 307 g/mol. The smallest absolute Gasteiger partial charge is 0.360 e. The lowest BCUT2D eigenvalue weighted by Gasteiger charge is -2.12. The van der Waals surface area contributed by atoms with Gasteiger partial charge in [0.2, 0.25) is 0 Å². The van der Waals surface area contributed by atoms with Crippen LogP contribution in [0.4, 0.5) is 13.2 Å². The molecule has 3 nitrogen and oxygen atoms in total. The fourth-order valence-corrected chi connectivity index (χ4v) is 2.33. The molecule has 1 aliphatic carbocycles. The normalized spacial score (nSPS) is 15.2. The molecule has 1 heterocycles. The summed E-state index contributed by atoms with van der Waals surface area (Å²) in [5.74, 6) is -0.307. The molecule has 7 heteroatoms. The highest BCUT2D eigenvalue weighted by molar-refractivity contribution is 6.30. The summed E-state index contributed by atoms with van der Waals surface area (Å²) in [5.41, 5.74) is -1.41. The third kappa shape index (κ3) is 2.68. The van der Waals surface area contributed by atoms with Gasteiger partial charge in [-0.15, -0.1) is 0 Å². The lowest BCUT2D eigenvalue weighted by atomic mass is 9.97. The van der Waals surface area contributed by atoms with Crippen LogP contribution >= 0.6 is 11.6 Å². The van der Waals surface area contributed by atoms with Gasteiger partial charge in [-0.2, -0.15) is 13.2 Å². The summed E-state index contributed by atoms with van der Waals surface area (Å²) in [6.07, 6.45) is -1.79. The Hall–Kier alpha value is -1.82. The van der Waals surface area contributed by atoms with Gasteiger partial charge in [0.1, 0.15) is 0 Å². The molecule has 0 aliphatic heterocycles. The molecule has 2 aromatic rings. The Labute approximate surface area is 122 Å². The molecule has 1 aromatic heterocycles. The average molecular weight is 316 g/mol. The standard InChI is InChI=1S/C14H9ClF3NO2/c15-8-3-4-9(11(5-8)14(16,17)18)12(20)10-6-19-21-13(10)7-1-2-7/h3-7H,1-2H2. The third-order valence-corrected chi connectivity index (χ3v) is 3.56. The molecule has 21 heavy (non-hydrogen) atoms. The van der Waals surface area contributed by atoms with E-state index in [-0.39, 0.29) is 16.5 Å². The monoisotopic (exact) mass is 315 g/mol. The lowest BCUT2D eigenvalue weighted by molar-refractivity contribution is -0.137. The van der Waals surface area contributed by atoms with Crippen molar-refractivity contribution in [1.29, 1.82) is 0 Å². The maximum atomic E-state index is 13.1. The molecular formula is C14H9ClF3NO2. The van der Waals surface area contributed by atoms with E-state index in [0.717, 1.165) is 25.0 Å². The number of alkyl halides is 3. The van der Waals surface area contributed by atoms with Crippen molar-refractivity contribution in [2.45, 2.75) is 24.9 Å². The number of carbonyl (C=O) groups is 1. The Bertz CT molecular complexity index is 704. The van der Waals surface area contributed by atoms with Gasteiger partial charge in [-0.3, -0.25) is 4.79 Å². The first-order chi connectivity index (χ1) is 9.88. The molecule has 1 fully saturated rings. The van der Waals surface area contributed by atoms with Crippen molar-refractivity contribution in [1.82, 2.24) is 5.16 Å². The zero-order valence-electron chi connectivity index (χ0n) is 10.6. The Morgan fingerprint density at radius 2 is 2.00 bits per heavy atom. The van der Waals surface area contributed by atoms with Gasteiger partial charge in [-0.25, -0.2) is 0 Å². The van der Waals surface area contributed by atoms with Crippen LogP contribution < -0.4 is 0 Å². The maximum absolute atomic E-state index is 13.1. The summed E-state index contributed by atoms with van der Waals surface area (Å²) in [6.45, 7) is 0. The molecule has 1 aliphatic rings. The number of aromatic nitrogens is 1. The van der Waals surface area contributed by atoms with Crippen LogP contribution in [0, 0.1) is 0 Å². The van der Waals surface area contributed by atoms with Gasteiger partial charge >= 0.3 is 6.18 Å². The number of halogens is 4. The minimum Gasteiger partial charge on any atom is -0.360 e. The highest BCUT2D eigenvalue weighted by Crippen LogP contribution is 2.42. The highest BCUT2D eigenvalue weighted by atomic mass is 35.5. The number of hydrogen-bond acceptors (Lipinski definition) is 3. The van der Waals surface area contributed by atoms with E-state index in [4.69, 9.17) is 16.1 Å². The Balaban J connectivity index is 2.07. The first-order valence-electron chi connectivity index (χ1n) is 6.24. The van der Waals surface area contributed by atoms with Crippen LogP contribution in [-0.2, 0) is 6.18 Å². The van der Waals surface area contributed by atoms with Crippen LogP contribution in [0.25, 0.3) is 0 Å². The molecule has 0 unspecified atom stereocenters. The number of benzene rings is 1. The molecule has 0 saturated heterocycles. The topological polar surface area (TPSA) is 43.1 Å². The van der Waals surface area contributed by atoms with Crippen molar-refractivity contribution in [3.8, 4) is 0 Å². The van der Waals surface area contributed by atoms with E-state index in [2.05, 4.69) is 5.16 Å². The van der Waals surface area contributed by atoms with Gasteiger partial charge in [-0.05, 0) is 31.0 Å². The number of carbonyl (C=O) groups excluding carboxylic acids is 1. The van der Waals surface area contributed by atoms with Gasteiger partial charge in [-0.1, -0.05) is 16.8 Å². The summed E-state index contributed by atoms with van der Waals surface area (Å²) < 4.78 is 44.2. The molecule has 0 atom stereocenters. The van der Waals surface area contributed by atoms with E-state index in [0.29, 0.717) is 5.76 Å². The Morgan fingerprint density at radius 3 is 2.62 bits per heavy atom. The predicted molar refractivity (Wildman–Crippen MR) is 68.4 cm³/mol. The van der Waals surface area contributed by atoms with Gasteiger partial charge < -0.3 is 4.52 Å². The van der Waals surface area contributed by atoms with E-state index in [1.807, 2.05) is 0 Å². The van der Waals surface area contributed by atoms with Crippen LogP contribution in [0.5, 0.6) is 0 Å². The largest absolute Gasteiger partial charge is 0.417 e. The molecule has 0 bridgehead atoms. The van der Waals surface area contributed by atoms with E-state index in [9.17, 15) is 18.0 Å². The molecule has 1 aromatic carbocycles. The van der Waals surface area contributed by atoms with Gasteiger partial charge in [0.05, 0.1) is 17.3 Å². The van der Waals surface area contributed by atoms with Crippen LogP contribution in [0.2, 0.25) is 5.02 Å². The van der Waals surface area contributed by atoms with Crippen LogP contribution in [0.1, 0.15) is 46.0 Å². The second kappa shape index (κ2) is 4.87. The lowest BCUT2D eigenvalue weighted by Crippen LogP contribution is -2.14. The SMILES string of the molecule is O=C(c1ccc(Cl)cc1C(F)(F)F)c1cnoc1C1CC1. The minimum absolute atomic E-state index is 0.0769. The van der Waals surface area contributed by atoms with Crippen LogP contribution in [0.15, 0.2) is 28.9 Å². The zero-order valence-corrected chi connectivity index (χ0v) is 11.3. The van der Waals surface area contributed by atoms with Crippen molar-refractivity contribution in [3.63, 3.8) is 0 Å². The van der Waals surface area contributed by atoms with E-state index < -0.39 is 23.1 Å². The maximum Gasteiger partial charge on any atom is 0.417 e. The average Bonchev–Trinajstić information content (AvgIpc) is 3.14. The Morgan fingerprint density at radius 1 is 1.29 bits per heavy atom. The summed E-state index contributed by atoms with van der Waals surface area (Å²) in [7, 11) is 0. The molecule has 0 spiro atoms. The first-order valence-corrected chi connectivity index (χ1v) is 6.61. The van der Waals surface area contributed by atoms with Crippen molar-refractivity contribution < 1.29 is 22.5 Å². The van der Waals surface area contributed by atoms with Gasteiger partial charge in [0.15, 0.2) is 11.5 Å². The third-order valence-electron chi connectivity index (χ3n) is 3.32. The van der Waals surface area contributed by atoms with Crippen molar-refractivity contribution in [2.24, 2.45) is 0 Å². The fraction of sp³-hybridized carbons (Fsp3) is 0.286. The van der Waals surface area contributed by atoms with Crippen LogP contribution in [0.3, 0.4) is 0 Å². The van der Waals surface area contributed by atoms with Crippen LogP contribution in [-0.4, -0.2) is 10.9 Å². The fourth-order valence-electron chi connectivity index (χ4n) is 2.15. The Kier molecular flexibility index (Phi) is 3.28. The zero-order chi connectivity index (χ0) is 15.2. The quantitative estimate of drug-likeness (QED) is 0.786. The van der Waals surface area contributed by atoms with E-state index >= 15 is 0 Å². The molecule has 0 amide bonds. The number of ketones is 1. The molecule has 1 saturated carbocycles. The van der Waals surface area contributed by atoms with Crippen molar-refractivity contribution in [2.75, 3.05) is 0 Å². The van der Waals surface area contributed by atoms with E-state index in [1.54, 1.807) is 0 Å². The number of nitrogens with zero attached hydrogens (tertiary/aromatic N) is 1. The van der Waals surface area contributed by atoms with Crippen molar-refractivity contribution >= 4 is 17.4 Å². The summed E-state index contributed by atoms with van der Waals surface area (Å²) in [5, 5.41) is 3.46. The summed E-state index contributed by atoms with van der Waals surface area (Å²) in [4.78, 5) is 12.4. The van der Waals surface area contributed by atoms with Gasteiger partial charge in [0, 0.05) is 16.5 Å². The minimum atomic E-state index is -4.66. The predicted octanol–water partition coefficient (Wildman–Crippen LogP) is 4.46. The van der Waals surface area contributed by atoms with Crippen molar-refractivity contribution in [3.05, 3.63) is 51.9 Å². The second-order valence-electron chi connectivity index (χ2n) is 4.89. The molecule has 0 radical (unpaired) electrons. The molecule has 0 N–H and O–H groups in total. The second-order valence-corrected chi connectivity index (χ2v) is 5.33. The highest BCUT2D eigenvalue weighted by Gasteiger charge is 2.38. The molecule has 110 valence electrons. The summed E-state index contributed by atoms with van der Waals surface area (Å²) >= 11 is 5.60. The number of hydrogen-bond donors (Lipinski definition) is 0. The first kappa shape index (κ1) is 14.1.